The Morgan fingerprint density at radius 1 is 1.28 bits per heavy atom. The number of amides is 1. The summed E-state index contributed by atoms with van der Waals surface area (Å²) < 4.78 is 5.16. The zero-order valence-electron chi connectivity index (χ0n) is 19.3. The fourth-order valence-electron chi connectivity index (χ4n) is 5.32. The molecular weight excluding hydrogens is 422 g/mol. The molecule has 2 fully saturated rings. The summed E-state index contributed by atoms with van der Waals surface area (Å²) in [5.41, 5.74) is 2.14. The molecule has 1 saturated carbocycles. The minimum Gasteiger partial charge on any atom is -0.361 e. The van der Waals surface area contributed by atoms with Gasteiger partial charge in [0.1, 0.15) is 5.76 Å². The first-order valence-corrected chi connectivity index (χ1v) is 13.0. The number of thiazole rings is 1. The molecule has 0 unspecified atom stereocenters. The first-order chi connectivity index (χ1) is 15.5. The predicted molar refractivity (Wildman–Crippen MR) is 126 cm³/mol. The van der Waals surface area contributed by atoms with Crippen molar-refractivity contribution >= 4 is 22.4 Å². The molecular formula is C24H35N5O2S. The van der Waals surface area contributed by atoms with Crippen molar-refractivity contribution in [3.8, 4) is 0 Å². The topological polar surface area (TPSA) is 74.5 Å². The number of hydrogen-bond donors (Lipinski definition) is 1. The van der Waals surface area contributed by atoms with Gasteiger partial charge in [-0.05, 0) is 63.8 Å². The maximum atomic E-state index is 12.3. The molecule has 0 bridgehead atoms. The van der Waals surface area contributed by atoms with Crippen LogP contribution in [0.2, 0.25) is 0 Å². The second-order valence-corrected chi connectivity index (χ2v) is 11.1. The SMILES string of the molecule is Cc1cc(CC(=O)NC2CCC(CCN3CCc4sc(N5CC(C)C5)nc4C3)CC2)on1. The minimum atomic E-state index is 0.0454. The zero-order valence-corrected chi connectivity index (χ0v) is 20.1. The summed E-state index contributed by atoms with van der Waals surface area (Å²) in [6, 6.07) is 2.13. The van der Waals surface area contributed by atoms with Crippen molar-refractivity contribution in [1.82, 2.24) is 20.4 Å². The highest BCUT2D eigenvalue weighted by molar-refractivity contribution is 7.15. The van der Waals surface area contributed by atoms with E-state index < -0.39 is 0 Å². The van der Waals surface area contributed by atoms with Gasteiger partial charge >= 0.3 is 0 Å². The zero-order chi connectivity index (χ0) is 22.1. The van der Waals surface area contributed by atoms with Crippen LogP contribution in [0.3, 0.4) is 0 Å². The summed E-state index contributed by atoms with van der Waals surface area (Å²) in [6.45, 7) is 9.86. The molecule has 5 rings (SSSR count). The van der Waals surface area contributed by atoms with Crippen LogP contribution in [-0.4, -0.2) is 53.2 Å². The Morgan fingerprint density at radius 2 is 2.09 bits per heavy atom. The highest BCUT2D eigenvalue weighted by atomic mass is 32.1. The Labute approximate surface area is 194 Å². The van der Waals surface area contributed by atoms with Gasteiger partial charge in [-0.25, -0.2) is 4.98 Å². The molecule has 0 aromatic carbocycles. The van der Waals surface area contributed by atoms with Crippen LogP contribution in [0.4, 0.5) is 5.13 Å². The largest absolute Gasteiger partial charge is 0.361 e. The number of aromatic nitrogens is 2. The number of aryl methyl sites for hydroxylation is 1. The van der Waals surface area contributed by atoms with Crippen molar-refractivity contribution in [3.63, 3.8) is 0 Å². The maximum absolute atomic E-state index is 12.3. The Bertz CT molecular complexity index is 927. The van der Waals surface area contributed by atoms with E-state index in [1.165, 1.54) is 54.6 Å². The van der Waals surface area contributed by atoms with Crippen molar-refractivity contribution in [2.75, 3.05) is 31.1 Å². The fourth-order valence-corrected chi connectivity index (χ4v) is 6.39. The highest BCUT2D eigenvalue weighted by Crippen LogP contribution is 2.34. The molecule has 0 spiro atoms. The summed E-state index contributed by atoms with van der Waals surface area (Å²) >= 11 is 1.92. The number of nitrogens with zero attached hydrogens (tertiary/aromatic N) is 4. The molecule has 1 saturated heterocycles. The second-order valence-electron chi connectivity index (χ2n) is 10.1. The Kier molecular flexibility index (Phi) is 6.51. The van der Waals surface area contributed by atoms with Crippen LogP contribution in [0.5, 0.6) is 0 Å². The molecule has 1 aliphatic carbocycles. The molecule has 3 aliphatic rings. The van der Waals surface area contributed by atoms with E-state index in [4.69, 9.17) is 9.51 Å². The van der Waals surface area contributed by atoms with E-state index >= 15 is 0 Å². The van der Waals surface area contributed by atoms with E-state index in [0.717, 1.165) is 49.9 Å². The van der Waals surface area contributed by atoms with E-state index in [-0.39, 0.29) is 12.3 Å². The van der Waals surface area contributed by atoms with Gasteiger partial charge in [0.25, 0.3) is 0 Å². The van der Waals surface area contributed by atoms with Gasteiger partial charge in [-0.3, -0.25) is 9.69 Å². The number of rotatable bonds is 7. The third-order valence-electron chi connectivity index (χ3n) is 7.21. The van der Waals surface area contributed by atoms with Crippen molar-refractivity contribution in [1.29, 1.82) is 0 Å². The lowest BCUT2D eigenvalue weighted by atomic mass is 9.84. The normalized spacial score (nSPS) is 24.2. The summed E-state index contributed by atoms with van der Waals surface area (Å²) in [5.74, 6) is 2.28. The molecule has 1 amide bonds. The highest BCUT2D eigenvalue weighted by Gasteiger charge is 2.29. The number of hydrogen-bond acceptors (Lipinski definition) is 7. The molecule has 7 nitrogen and oxygen atoms in total. The van der Waals surface area contributed by atoms with Gasteiger partial charge in [-0.15, -0.1) is 11.3 Å². The number of anilines is 1. The number of carbonyl (C=O) groups is 1. The Hall–Kier alpha value is -1.93. The van der Waals surface area contributed by atoms with Crippen LogP contribution < -0.4 is 10.2 Å². The Balaban J connectivity index is 1.02. The molecule has 4 heterocycles. The third-order valence-corrected chi connectivity index (χ3v) is 8.43. The van der Waals surface area contributed by atoms with Gasteiger partial charge in [0.15, 0.2) is 5.13 Å². The van der Waals surface area contributed by atoms with Gasteiger partial charge in [0.2, 0.25) is 5.91 Å². The molecule has 32 heavy (non-hydrogen) atoms. The first kappa shape index (κ1) is 21.9. The van der Waals surface area contributed by atoms with E-state index in [1.807, 2.05) is 24.3 Å². The summed E-state index contributed by atoms with van der Waals surface area (Å²) in [4.78, 5) is 23.8. The molecule has 2 aliphatic heterocycles. The number of nitrogens with one attached hydrogen (secondary N) is 1. The molecule has 0 radical (unpaired) electrons. The maximum Gasteiger partial charge on any atom is 0.227 e. The summed E-state index contributed by atoms with van der Waals surface area (Å²) in [6.07, 6.45) is 7.28. The van der Waals surface area contributed by atoms with Crippen molar-refractivity contribution in [2.45, 2.75) is 71.4 Å². The molecule has 174 valence electrons. The summed E-state index contributed by atoms with van der Waals surface area (Å²) in [5, 5.41) is 8.28. The van der Waals surface area contributed by atoms with Gasteiger partial charge in [-0.2, -0.15) is 0 Å². The lowest BCUT2D eigenvalue weighted by Gasteiger charge is -2.36. The summed E-state index contributed by atoms with van der Waals surface area (Å²) in [7, 11) is 0. The van der Waals surface area contributed by atoms with Gasteiger partial charge in [0.05, 0.1) is 17.8 Å². The van der Waals surface area contributed by atoms with E-state index in [2.05, 4.69) is 27.2 Å². The van der Waals surface area contributed by atoms with Gasteiger partial charge in [-0.1, -0.05) is 12.1 Å². The first-order valence-electron chi connectivity index (χ1n) is 12.2. The van der Waals surface area contributed by atoms with Crippen LogP contribution in [0, 0.1) is 18.8 Å². The smallest absolute Gasteiger partial charge is 0.227 e. The number of carbonyl (C=O) groups excluding carboxylic acids is 1. The monoisotopic (exact) mass is 457 g/mol. The Morgan fingerprint density at radius 3 is 2.81 bits per heavy atom. The van der Waals surface area contributed by atoms with E-state index in [0.29, 0.717) is 11.8 Å². The lowest BCUT2D eigenvalue weighted by Crippen LogP contribution is -2.45. The van der Waals surface area contributed by atoms with Crippen LogP contribution in [-0.2, 0) is 24.2 Å². The van der Waals surface area contributed by atoms with Crippen molar-refractivity contribution in [3.05, 3.63) is 28.1 Å². The average Bonchev–Trinajstić information content (AvgIpc) is 3.36. The molecule has 2 aromatic heterocycles. The van der Waals surface area contributed by atoms with Gasteiger partial charge < -0.3 is 14.7 Å². The van der Waals surface area contributed by atoms with Crippen LogP contribution in [0.1, 0.15) is 61.1 Å². The molecule has 2 aromatic rings. The van der Waals surface area contributed by atoms with E-state index in [1.54, 1.807) is 0 Å². The standard InChI is InChI=1S/C24H35N5O2S/c1-16-13-29(14-16)24-26-21-15-28(10-8-22(21)32-24)9-7-18-3-5-19(6-4-18)25-23(30)12-20-11-17(2)27-31-20/h11,16,18-19H,3-10,12-15H2,1-2H3,(H,25,30). The molecule has 1 N–H and O–H groups in total. The average molecular weight is 458 g/mol. The van der Waals surface area contributed by atoms with Crippen LogP contribution >= 0.6 is 11.3 Å². The quantitative estimate of drug-likeness (QED) is 0.685. The second kappa shape index (κ2) is 9.51. The van der Waals surface area contributed by atoms with Crippen LogP contribution in [0.15, 0.2) is 10.6 Å². The van der Waals surface area contributed by atoms with Crippen molar-refractivity contribution < 1.29 is 9.32 Å². The predicted octanol–water partition coefficient (Wildman–Crippen LogP) is 3.56. The third kappa shape index (κ3) is 5.17. The van der Waals surface area contributed by atoms with Crippen LogP contribution in [0.25, 0.3) is 0 Å². The molecule has 0 atom stereocenters. The fraction of sp³-hybridized carbons (Fsp3) is 0.708. The minimum absolute atomic E-state index is 0.0454. The van der Waals surface area contributed by atoms with E-state index in [9.17, 15) is 4.79 Å². The molecule has 8 heteroatoms. The lowest BCUT2D eigenvalue weighted by molar-refractivity contribution is -0.121. The number of fused-ring (bicyclic) bond motifs is 1. The van der Waals surface area contributed by atoms with Crippen molar-refractivity contribution in [2.24, 2.45) is 11.8 Å². The van der Waals surface area contributed by atoms with Gasteiger partial charge in [0, 0.05) is 43.2 Å².